The van der Waals surface area contributed by atoms with Gasteiger partial charge in [0.05, 0.1) is 6.61 Å². The standard InChI is InChI=1S/C2H8O9P2.2Na.2H/c3-12(4,5)10-2-1-9-11-13(6,7)8;;;;/h1-2H2,(H2,3,4,5)(H2,6,7,8);;;;. The van der Waals surface area contributed by atoms with Crippen molar-refractivity contribution in [3.05, 3.63) is 0 Å². The van der Waals surface area contributed by atoms with Gasteiger partial charge in [-0.2, -0.15) is 0 Å². The summed E-state index contributed by atoms with van der Waals surface area (Å²) in [5, 5.41) is 0. The average molecular weight is 286 g/mol. The van der Waals surface area contributed by atoms with Crippen molar-refractivity contribution in [3.8, 4) is 0 Å². The Balaban J connectivity index is -0.000000720. The normalized spacial score (nSPS) is 11.5. The fraction of sp³-hybridized carbons (Fsp3) is 1.00. The van der Waals surface area contributed by atoms with Gasteiger partial charge in [-0.25, -0.2) is 14.0 Å². The molecular formula is C2H10Na2O9P2. The van der Waals surface area contributed by atoms with E-state index in [2.05, 4.69) is 14.1 Å². The molecule has 0 aliphatic carbocycles. The van der Waals surface area contributed by atoms with Crippen LogP contribution in [0.4, 0.5) is 0 Å². The summed E-state index contributed by atoms with van der Waals surface area (Å²) in [6.45, 7) is -1.07. The zero-order chi connectivity index (χ0) is 10.5. The monoisotopic (exact) mass is 286 g/mol. The van der Waals surface area contributed by atoms with Gasteiger partial charge >= 0.3 is 74.8 Å². The van der Waals surface area contributed by atoms with Gasteiger partial charge in [0, 0.05) is 0 Å². The fourth-order valence-electron chi connectivity index (χ4n) is 0.296. The molecule has 0 rings (SSSR count). The van der Waals surface area contributed by atoms with Crippen molar-refractivity contribution in [2.45, 2.75) is 0 Å². The summed E-state index contributed by atoms with van der Waals surface area (Å²) in [6, 6.07) is 0. The minimum absolute atomic E-state index is 0. The Morgan fingerprint density at radius 1 is 0.867 bits per heavy atom. The van der Waals surface area contributed by atoms with Gasteiger partial charge in [0.15, 0.2) is 0 Å². The van der Waals surface area contributed by atoms with Crippen LogP contribution in [0.1, 0.15) is 0 Å². The van der Waals surface area contributed by atoms with Crippen LogP contribution < -0.4 is 0 Å². The molecule has 0 aromatic rings. The van der Waals surface area contributed by atoms with E-state index in [4.69, 9.17) is 19.6 Å². The Bertz CT molecular complexity index is 208. The topological polar surface area (TPSA) is 143 Å². The molecule has 9 nitrogen and oxygen atoms in total. The Labute approximate surface area is 129 Å². The molecule has 0 fully saturated rings. The van der Waals surface area contributed by atoms with Crippen molar-refractivity contribution in [1.29, 1.82) is 0 Å². The van der Waals surface area contributed by atoms with E-state index in [1.165, 1.54) is 0 Å². The maximum atomic E-state index is 10.0. The molecule has 15 heavy (non-hydrogen) atoms. The van der Waals surface area contributed by atoms with E-state index in [0.717, 1.165) is 0 Å². The molecule has 0 aliphatic heterocycles. The molecule has 0 unspecified atom stereocenters. The van der Waals surface area contributed by atoms with Crippen LogP contribution in [-0.2, 0) is 23.2 Å². The Morgan fingerprint density at radius 2 is 1.33 bits per heavy atom. The summed E-state index contributed by atoms with van der Waals surface area (Å²) in [6.07, 6.45) is 0. The number of rotatable bonds is 6. The van der Waals surface area contributed by atoms with E-state index in [1.807, 2.05) is 0 Å². The second-order valence-corrected chi connectivity index (χ2v) is 4.08. The van der Waals surface area contributed by atoms with Crippen LogP contribution in [-0.4, -0.2) is 91.9 Å². The molecule has 0 aromatic heterocycles. The molecule has 13 heteroatoms. The van der Waals surface area contributed by atoms with Crippen LogP contribution >= 0.6 is 15.6 Å². The van der Waals surface area contributed by atoms with E-state index in [9.17, 15) is 9.13 Å². The van der Waals surface area contributed by atoms with Crippen LogP contribution in [0.2, 0.25) is 0 Å². The quantitative estimate of drug-likeness (QED) is 0.141. The maximum absolute atomic E-state index is 10.0. The van der Waals surface area contributed by atoms with Gasteiger partial charge in [-0.15, -0.1) is 4.67 Å². The predicted molar refractivity (Wildman–Crippen MR) is 51.4 cm³/mol. The third-order valence-corrected chi connectivity index (χ3v) is 1.39. The molecule has 0 aliphatic rings. The van der Waals surface area contributed by atoms with Gasteiger partial charge in [0.25, 0.3) is 0 Å². The van der Waals surface area contributed by atoms with Gasteiger partial charge in [0.1, 0.15) is 6.61 Å². The van der Waals surface area contributed by atoms with Crippen molar-refractivity contribution >= 4 is 74.8 Å². The SMILES string of the molecule is O=P(O)(O)OCCOOP(=O)(O)O.[NaH].[NaH]. The first-order valence-electron chi connectivity index (χ1n) is 2.77. The minimum atomic E-state index is -4.72. The van der Waals surface area contributed by atoms with Gasteiger partial charge in [-0.05, 0) is 0 Å². The number of hydrogen-bond acceptors (Lipinski definition) is 5. The average Bonchev–Trinajstić information content (AvgIpc) is 1.81. The van der Waals surface area contributed by atoms with Crippen molar-refractivity contribution in [1.82, 2.24) is 0 Å². The van der Waals surface area contributed by atoms with Crippen LogP contribution in [0.3, 0.4) is 0 Å². The van der Waals surface area contributed by atoms with Crippen LogP contribution in [0.15, 0.2) is 0 Å². The van der Waals surface area contributed by atoms with E-state index in [-0.39, 0.29) is 59.1 Å². The molecule has 0 radical (unpaired) electrons. The second kappa shape index (κ2) is 10.1. The van der Waals surface area contributed by atoms with Crippen molar-refractivity contribution in [3.63, 3.8) is 0 Å². The summed E-state index contributed by atoms with van der Waals surface area (Å²) in [4.78, 5) is 36.2. The van der Waals surface area contributed by atoms with Crippen LogP contribution in [0.5, 0.6) is 0 Å². The molecule has 0 saturated heterocycles. The number of phosphoric ester groups is 1. The molecule has 0 saturated carbocycles. The first kappa shape index (κ1) is 22.4. The van der Waals surface area contributed by atoms with E-state index < -0.39 is 28.9 Å². The summed E-state index contributed by atoms with van der Waals surface area (Å²) < 4.78 is 27.3. The van der Waals surface area contributed by atoms with Gasteiger partial charge in [0.2, 0.25) is 0 Å². The second-order valence-electron chi connectivity index (χ2n) is 1.71. The summed E-state index contributed by atoms with van der Waals surface area (Å²) in [5.41, 5.74) is 0. The zero-order valence-corrected chi connectivity index (χ0v) is 7.93. The molecule has 0 heterocycles. The van der Waals surface area contributed by atoms with E-state index >= 15 is 0 Å². The molecule has 84 valence electrons. The third-order valence-electron chi connectivity index (χ3n) is 0.576. The Hall–Kier alpha value is 2.18. The van der Waals surface area contributed by atoms with Gasteiger partial charge in [-0.3, -0.25) is 4.52 Å². The first-order valence-corrected chi connectivity index (χ1v) is 5.83. The van der Waals surface area contributed by atoms with E-state index in [1.54, 1.807) is 0 Å². The summed E-state index contributed by atoms with van der Waals surface area (Å²) in [7, 11) is -9.29. The predicted octanol–water partition coefficient (Wildman–Crippen LogP) is -2.16. The summed E-state index contributed by atoms with van der Waals surface area (Å²) in [5.74, 6) is 0. The molecule has 0 aromatic carbocycles. The van der Waals surface area contributed by atoms with Crippen LogP contribution in [0.25, 0.3) is 0 Å². The number of phosphoric acid groups is 2. The first-order chi connectivity index (χ1) is 5.71. The fourth-order valence-corrected chi connectivity index (χ4v) is 0.820. The van der Waals surface area contributed by atoms with E-state index in [0.29, 0.717) is 0 Å². The van der Waals surface area contributed by atoms with Crippen molar-refractivity contribution in [2.24, 2.45) is 0 Å². The number of hydrogen-bond donors (Lipinski definition) is 4. The van der Waals surface area contributed by atoms with Gasteiger partial charge in [-0.1, -0.05) is 0 Å². The summed E-state index contributed by atoms with van der Waals surface area (Å²) >= 11 is 0. The molecule has 0 bridgehead atoms. The molecule has 0 amide bonds. The van der Waals surface area contributed by atoms with Crippen LogP contribution in [0, 0.1) is 0 Å². The zero-order valence-electron chi connectivity index (χ0n) is 6.14. The van der Waals surface area contributed by atoms with Crippen molar-refractivity contribution in [2.75, 3.05) is 13.2 Å². The molecular weight excluding hydrogens is 276 g/mol. The molecule has 0 spiro atoms. The third kappa shape index (κ3) is 21.9. The molecule has 4 N–H and O–H groups in total. The van der Waals surface area contributed by atoms with Crippen molar-refractivity contribution < 1.29 is 42.8 Å². The Kier molecular flexibility index (Phi) is 15.1. The Morgan fingerprint density at radius 3 is 1.67 bits per heavy atom. The van der Waals surface area contributed by atoms with Gasteiger partial charge < -0.3 is 19.6 Å². The molecule has 0 atom stereocenters.